The van der Waals surface area contributed by atoms with Crippen LogP contribution in [0.15, 0.2) is 24.3 Å². The topological polar surface area (TPSA) is 72.5 Å². The number of fused-ring (bicyclic) bond motifs is 1. The molecule has 0 bridgehead atoms. The zero-order chi connectivity index (χ0) is 23.5. The van der Waals surface area contributed by atoms with E-state index in [-0.39, 0.29) is 18.1 Å². The number of aromatic nitrogens is 1. The van der Waals surface area contributed by atoms with E-state index in [1.807, 2.05) is 6.07 Å². The number of hydrogen-bond acceptors (Lipinski definition) is 5. The lowest BCUT2D eigenvalue weighted by Crippen LogP contribution is -2.35. The molecule has 34 heavy (non-hydrogen) atoms. The normalized spacial score (nSPS) is 22.5. The number of carbonyl (C=O) groups is 1. The third kappa shape index (κ3) is 5.03. The van der Waals surface area contributed by atoms with Gasteiger partial charge in [-0.2, -0.15) is 4.98 Å². The van der Waals surface area contributed by atoms with E-state index in [0.29, 0.717) is 42.2 Å². The third-order valence-electron chi connectivity index (χ3n) is 7.52. The number of hydrogen-bond donors (Lipinski definition) is 2. The molecule has 1 aliphatic heterocycles. The van der Waals surface area contributed by atoms with Crippen molar-refractivity contribution in [2.75, 3.05) is 13.7 Å². The maximum absolute atomic E-state index is 11.4. The van der Waals surface area contributed by atoms with Crippen LogP contribution >= 0.6 is 11.6 Å². The minimum Gasteiger partial charge on any atom is -0.481 e. The highest BCUT2D eigenvalue weighted by molar-refractivity contribution is 6.31. The van der Waals surface area contributed by atoms with Gasteiger partial charge in [-0.1, -0.05) is 49.1 Å². The molecule has 1 amide bonds. The summed E-state index contributed by atoms with van der Waals surface area (Å²) >= 11 is 6.61. The molecule has 2 aromatic rings. The standard InChI is InChI=1S/C27H34ClN3O3/c1-33-26-18(15-29-16-19-10-13-25(32)30-19)14-23(28)27(31-26)34-24-12-11-21-20(8-5-9-22(21)24)17-6-3-2-4-7-17/h5,8-9,14,17,19,24,29H,2-4,6-7,10-13,15-16H2,1H3,(H,30,32)/t19-,24-/m0/s1. The first-order chi connectivity index (χ1) is 16.6. The van der Waals surface area contributed by atoms with Gasteiger partial charge in [0.05, 0.1) is 7.11 Å². The summed E-state index contributed by atoms with van der Waals surface area (Å²) in [4.78, 5) is 16.0. The molecular formula is C27H34ClN3O3. The van der Waals surface area contributed by atoms with Crippen LogP contribution in [0.4, 0.5) is 0 Å². The van der Waals surface area contributed by atoms with Crippen molar-refractivity contribution in [3.05, 3.63) is 51.5 Å². The first-order valence-electron chi connectivity index (χ1n) is 12.6. The number of amides is 1. The fourth-order valence-corrected chi connectivity index (χ4v) is 6.01. The van der Waals surface area contributed by atoms with Crippen molar-refractivity contribution in [3.63, 3.8) is 0 Å². The molecule has 2 atom stereocenters. The number of halogens is 1. The van der Waals surface area contributed by atoms with Gasteiger partial charge >= 0.3 is 0 Å². The second-order valence-electron chi connectivity index (χ2n) is 9.77. The summed E-state index contributed by atoms with van der Waals surface area (Å²) in [6.45, 7) is 1.26. The molecule has 0 unspecified atom stereocenters. The summed E-state index contributed by atoms with van der Waals surface area (Å²) in [5, 5.41) is 6.83. The molecule has 2 fully saturated rings. The molecule has 1 saturated heterocycles. The van der Waals surface area contributed by atoms with E-state index in [2.05, 4.69) is 33.8 Å². The quantitative estimate of drug-likeness (QED) is 0.538. The molecule has 5 rings (SSSR count). The largest absolute Gasteiger partial charge is 0.481 e. The molecule has 6 nitrogen and oxygen atoms in total. The predicted octanol–water partition coefficient (Wildman–Crippen LogP) is 5.23. The Morgan fingerprint density at radius 1 is 1.09 bits per heavy atom. The first kappa shape index (κ1) is 23.4. The van der Waals surface area contributed by atoms with Crippen molar-refractivity contribution in [1.82, 2.24) is 15.6 Å². The van der Waals surface area contributed by atoms with Crippen LogP contribution in [0.2, 0.25) is 5.02 Å². The molecule has 2 heterocycles. The van der Waals surface area contributed by atoms with Crippen LogP contribution in [-0.2, 0) is 17.8 Å². The predicted molar refractivity (Wildman–Crippen MR) is 133 cm³/mol. The van der Waals surface area contributed by atoms with Crippen molar-refractivity contribution in [3.8, 4) is 11.8 Å². The van der Waals surface area contributed by atoms with E-state index >= 15 is 0 Å². The molecule has 2 N–H and O–H groups in total. The Hall–Kier alpha value is -2.31. The Morgan fingerprint density at radius 3 is 2.68 bits per heavy atom. The van der Waals surface area contributed by atoms with Gasteiger partial charge in [0.25, 0.3) is 0 Å². The number of rotatable bonds is 8. The lowest BCUT2D eigenvalue weighted by Gasteiger charge is -2.24. The van der Waals surface area contributed by atoms with Crippen LogP contribution < -0.4 is 20.1 Å². The van der Waals surface area contributed by atoms with E-state index in [9.17, 15) is 4.79 Å². The molecule has 182 valence electrons. The molecule has 0 radical (unpaired) electrons. The van der Waals surface area contributed by atoms with Gasteiger partial charge in [-0.25, -0.2) is 0 Å². The smallest absolute Gasteiger partial charge is 0.236 e. The lowest BCUT2D eigenvalue weighted by molar-refractivity contribution is -0.119. The Bertz CT molecular complexity index is 1040. The number of nitrogens with one attached hydrogen (secondary N) is 2. The van der Waals surface area contributed by atoms with E-state index < -0.39 is 0 Å². The highest BCUT2D eigenvalue weighted by Crippen LogP contribution is 2.43. The number of benzene rings is 1. The second-order valence-corrected chi connectivity index (χ2v) is 10.2. The summed E-state index contributed by atoms with van der Waals surface area (Å²) in [6.07, 6.45) is 10.0. The summed E-state index contributed by atoms with van der Waals surface area (Å²) < 4.78 is 11.9. The Morgan fingerprint density at radius 2 is 1.91 bits per heavy atom. The highest BCUT2D eigenvalue weighted by Gasteiger charge is 2.30. The summed E-state index contributed by atoms with van der Waals surface area (Å²) in [5.74, 6) is 1.74. The van der Waals surface area contributed by atoms with Crippen molar-refractivity contribution < 1.29 is 14.3 Å². The Labute approximate surface area is 206 Å². The summed E-state index contributed by atoms with van der Waals surface area (Å²) in [6, 6.07) is 8.75. The average Bonchev–Trinajstić information content (AvgIpc) is 3.47. The fourth-order valence-electron chi connectivity index (χ4n) is 5.79. The van der Waals surface area contributed by atoms with Crippen molar-refractivity contribution in [1.29, 1.82) is 0 Å². The van der Waals surface area contributed by atoms with Gasteiger partial charge in [-0.3, -0.25) is 4.79 Å². The average molecular weight is 484 g/mol. The van der Waals surface area contributed by atoms with Gasteiger partial charge in [0.15, 0.2) is 0 Å². The fraction of sp³-hybridized carbons (Fsp3) is 0.556. The molecule has 2 aliphatic carbocycles. The van der Waals surface area contributed by atoms with Crippen LogP contribution in [0.3, 0.4) is 0 Å². The van der Waals surface area contributed by atoms with E-state index in [1.54, 1.807) is 7.11 Å². The third-order valence-corrected chi connectivity index (χ3v) is 7.79. The monoisotopic (exact) mass is 483 g/mol. The zero-order valence-corrected chi connectivity index (χ0v) is 20.6. The van der Waals surface area contributed by atoms with Gasteiger partial charge in [0.2, 0.25) is 17.7 Å². The minimum atomic E-state index is -0.0387. The first-order valence-corrected chi connectivity index (χ1v) is 13.0. The van der Waals surface area contributed by atoms with Gasteiger partial charge in [0, 0.05) is 31.1 Å². The number of methoxy groups -OCH3 is 1. The van der Waals surface area contributed by atoms with Crippen LogP contribution in [0.25, 0.3) is 0 Å². The zero-order valence-electron chi connectivity index (χ0n) is 19.9. The SMILES string of the molecule is COc1nc(O[C@H]2CCc3c(C4CCCCC4)cccc32)c(Cl)cc1CNC[C@@H]1CCC(=O)N1. The maximum atomic E-state index is 11.4. The molecule has 7 heteroatoms. The van der Waals surface area contributed by atoms with Crippen LogP contribution in [0, 0.1) is 0 Å². The molecular weight excluding hydrogens is 450 g/mol. The number of ether oxygens (including phenoxy) is 2. The lowest BCUT2D eigenvalue weighted by atomic mass is 9.81. The molecule has 1 saturated carbocycles. The van der Waals surface area contributed by atoms with E-state index in [0.717, 1.165) is 24.8 Å². The molecule has 1 aromatic carbocycles. The van der Waals surface area contributed by atoms with E-state index in [1.165, 1.54) is 48.8 Å². The van der Waals surface area contributed by atoms with Crippen molar-refractivity contribution in [2.24, 2.45) is 0 Å². The Kier molecular flexibility index (Phi) is 7.26. The van der Waals surface area contributed by atoms with E-state index in [4.69, 9.17) is 21.1 Å². The van der Waals surface area contributed by atoms with Gasteiger partial charge in [-0.05, 0) is 60.8 Å². The van der Waals surface area contributed by atoms with Gasteiger partial charge < -0.3 is 20.1 Å². The number of nitrogens with zero attached hydrogens (tertiary/aromatic N) is 1. The number of pyridine rings is 1. The summed E-state index contributed by atoms with van der Waals surface area (Å²) in [7, 11) is 1.61. The van der Waals surface area contributed by atoms with Crippen LogP contribution in [-0.4, -0.2) is 30.6 Å². The second kappa shape index (κ2) is 10.5. The molecule has 0 spiro atoms. The highest BCUT2D eigenvalue weighted by atomic mass is 35.5. The number of carbonyl (C=O) groups excluding carboxylic acids is 1. The molecule has 3 aliphatic rings. The minimum absolute atomic E-state index is 0.0387. The Balaban J connectivity index is 1.27. The van der Waals surface area contributed by atoms with Crippen LogP contribution in [0.5, 0.6) is 11.8 Å². The van der Waals surface area contributed by atoms with Crippen LogP contribution in [0.1, 0.15) is 85.6 Å². The van der Waals surface area contributed by atoms with Crippen molar-refractivity contribution >= 4 is 17.5 Å². The van der Waals surface area contributed by atoms with Gasteiger partial charge in [0.1, 0.15) is 11.1 Å². The summed E-state index contributed by atoms with van der Waals surface area (Å²) in [5.41, 5.74) is 5.15. The maximum Gasteiger partial charge on any atom is 0.236 e. The van der Waals surface area contributed by atoms with Gasteiger partial charge in [-0.15, -0.1) is 0 Å². The molecule has 1 aromatic heterocycles. The van der Waals surface area contributed by atoms with Crippen molar-refractivity contribution in [2.45, 2.75) is 82.4 Å².